The van der Waals surface area contributed by atoms with E-state index in [4.69, 9.17) is 0 Å². The molecule has 0 aromatic rings. The molecule has 2 heterocycles. The summed E-state index contributed by atoms with van der Waals surface area (Å²) in [5, 5.41) is 3.51. The third-order valence-corrected chi connectivity index (χ3v) is 5.15. The van der Waals surface area contributed by atoms with E-state index in [0.717, 1.165) is 5.92 Å². The third-order valence-electron chi connectivity index (χ3n) is 5.15. The van der Waals surface area contributed by atoms with Crippen molar-refractivity contribution in [1.82, 2.24) is 10.2 Å². The van der Waals surface area contributed by atoms with Crippen LogP contribution in [0.1, 0.15) is 52.4 Å². The molecule has 2 heteroatoms. The first-order valence-corrected chi connectivity index (χ1v) is 7.71. The van der Waals surface area contributed by atoms with Gasteiger partial charge in [0.25, 0.3) is 0 Å². The van der Waals surface area contributed by atoms with E-state index in [1.54, 1.807) is 0 Å². The van der Waals surface area contributed by atoms with Crippen LogP contribution in [0, 0.1) is 11.3 Å². The Balaban J connectivity index is 1.88. The van der Waals surface area contributed by atoms with E-state index in [-0.39, 0.29) is 0 Å². The van der Waals surface area contributed by atoms with Crippen molar-refractivity contribution in [1.29, 1.82) is 0 Å². The predicted molar refractivity (Wildman–Crippen MR) is 74.3 cm³/mol. The number of piperidine rings is 2. The van der Waals surface area contributed by atoms with E-state index in [2.05, 4.69) is 24.1 Å². The number of rotatable bonds is 4. The van der Waals surface area contributed by atoms with Crippen LogP contribution in [0.3, 0.4) is 0 Å². The molecule has 2 fully saturated rings. The fraction of sp³-hybridized carbons (Fsp3) is 1.00. The van der Waals surface area contributed by atoms with Gasteiger partial charge in [-0.3, -0.25) is 0 Å². The molecule has 0 aromatic carbocycles. The van der Waals surface area contributed by atoms with Crippen molar-refractivity contribution in [2.24, 2.45) is 11.3 Å². The Hall–Kier alpha value is -0.0800. The summed E-state index contributed by atoms with van der Waals surface area (Å²) >= 11 is 0. The maximum atomic E-state index is 3.51. The smallest absolute Gasteiger partial charge is 0.00389 e. The second-order valence-corrected chi connectivity index (χ2v) is 6.26. The molecule has 0 saturated carbocycles. The summed E-state index contributed by atoms with van der Waals surface area (Å²) in [6.45, 7) is 11.3. The zero-order chi connectivity index (χ0) is 12.1. The monoisotopic (exact) mass is 238 g/mol. The van der Waals surface area contributed by atoms with E-state index in [0.29, 0.717) is 5.41 Å². The normalized spacial score (nSPS) is 30.4. The van der Waals surface area contributed by atoms with Gasteiger partial charge in [0.1, 0.15) is 0 Å². The molecule has 0 aromatic heterocycles. The molecular formula is C15H30N2. The molecular weight excluding hydrogens is 208 g/mol. The van der Waals surface area contributed by atoms with Gasteiger partial charge in [-0.15, -0.1) is 0 Å². The summed E-state index contributed by atoms with van der Waals surface area (Å²) < 4.78 is 0. The highest BCUT2D eigenvalue weighted by Gasteiger charge is 2.33. The number of hydrogen-bond donors (Lipinski definition) is 1. The van der Waals surface area contributed by atoms with E-state index < -0.39 is 0 Å². The Labute approximate surface area is 107 Å². The first kappa shape index (κ1) is 13.4. The highest BCUT2D eigenvalue weighted by atomic mass is 15.1. The highest BCUT2D eigenvalue weighted by molar-refractivity contribution is 4.87. The van der Waals surface area contributed by atoms with Gasteiger partial charge in [-0.05, 0) is 63.1 Å². The maximum absolute atomic E-state index is 3.51. The standard InChI is InChI=1S/C15H30N2/c1-3-14-6-5-11-17(12-14)13-15(4-2)7-9-16-10-8-15/h14,16H,3-13H2,1-2H3. The molecule has 17 heavy (non-hydrogen) atoms. The third kappa shape index (κ3) is 3.45. The summed E-state index contributed by atoms with van der Waals surface area (Å²) in [6.07, 6.45) is 8.40. The van der Waals surface area contributed by atoms with Gasteiger partial charge in [0.05, 0.1) is 0 Å². The number of nitrogens with zero attached hydrogens (tertiary/aromatic N) is 1. The minimum absolute atomic E-state index is 0.626. The molecule has 2 aliphatic heterocycles. The second-order valence-electron chi connectivity index (χ2n) is 6.26. The Morgan fingerprint density at radius 3 is 2.65 bits per heavy atom. The van der Waals surface area contributed by atoms with Crippen LogP contribution in [0.2, 0.25) is 0 Å². The van der Waals surface area contributed by atoms with Gasteiger partial charge in [0.15, 0.2) is 0 Å². The molecule has 0 bridgehead atoms. The lowest BCUT2D eigenvalue weighted by atomic mass is 9.75. The summed E-state index contributed by atoms with van der Waals surface area (Å²) in [6, 6.07) is 0. The van der Waals surface area contributed by atoms with Crippen molar-refractivity contribution in [3.05, 3.63) is 0 Å². The topological polar surface area (TPSA) is 15.3 Å². The van der Waals surface area contributed by atoms with E-state index >= 15 is 0 Å². The van der Waals surface area contributed by atoms with Crippen LogP contribution in [-0.4, -0.2) is 37.6 Å². The van der Waals surface area contributed by atoms with Gasteiger partial charge < -0.3 is 10.2 Å². The molecule has 0 radical (unpaired) electrons. The van der Waals surface area contributed by atoms with Gasteiger partial charge in [0, 0.05) is 13.1 Å². The summed E-state index contributed by atoms with van der Waals surface area (Å²) in [5.41, 5.74) is 0.626. The van der Waals surface area contributed by atoms with Crippen LogP contribution < -0.4 is 5.32 Å². The van der Waals surface area contributed by atoms with Crippen LogP contribution in [0.15, 0.2) is 0 Å². The first-order chi connectivity index (χ1) is 8.28. The Bertz CT molecular complexity index is 221. The summed E-state index contributed by atoms with van der Waals surface area (Å²) in [5.74, 6) is 0.972. The average Bonchev–Trinajstić information content (AvgIpc) is 2.40. The van der Waals surface area contributed by atoms with Gasteiger partial charge in [-0.1, -0.05) is 20.3 Å². The molecule has 0 spiro atoms. The lowest BCUT2D eigenvalue weighted by Gasteiger charge is -2.43. The van der Waals surface area contributed by atoms with Crippen LogP contribution in [-0.2, 0) is 0 Å². The first-order valence-electron chi connectivity index (χ1n) is 7.71. The van der Waals surface area contributed by atoms with Gasteiger partial charge >= 0.3 is 0 Å². The van der Waals surface area contributed by atoms with Gasteiger partial charge in [0.2, 0.25) is 0 Å². The van der Waals surface area contributed by atoms with Gasteiger partial charge in [-0.25, -0.2) is 0 Å². The fourth-order valence-corrected chi connectivity index (χ4v) is 3.68. The molecule has 0 aliphatic carbocycles. The number of hydrogen-bond acceptors (Lipinski definition) is 2. The van der Waals surface area contributed by atoms with Crippen LogP contribution in [0.5, 0.6) is 0 Å². The zero-order valence-electron chi connectivity index (χ0n) is 11.8. The molecule has 1 N–H and O–H groups in total. The van der Waals surface area contributed by atoms with Crippen molar-refractivity contribution < 1.29 is 0 Å². The second kappa shape index (κ2) is 6.19. The quantitative estimate of drug-likeness (QED) is 0.810. The van der Waals surface area contributed by atoms with Crippen molar-refractivity contribution in [2.45, 2.75) is 52.4 Å². The summed E-state index contributed by atoms with van der Waals surface area (Å²) in [4.78, 5) is 2.77. The molecule has 2 rings (SSSR count). The number of nitrogens with one attached hydrogen (secondary N) is 1. The maximum Gasteiger partial charge on any atom is 0.00389 e. The van der Waals surface area contributed by atoms with Crippen molar-refractivity contribution in [3.63, 3.8) is 0 Å². The van der Waals surface area contributed by atoms with Gasteiger partial charge in [-0.2, -0.15) is 0 Å². The zero-order valence-corrected chi connectivity index (χ0v) is 11.8. The Morgan fingerprint density at radius 2 is 2.00 bits per heavy atom. The largest absolute Gasteiger partial charge is 0.317 e. The Kier molecular flexibility index (Phi) is 4.87. The molecule has 2 saturated heterocycles. The van der Waals surface area contributed by atoms with E-state index in [1.165, 1.54) is 71.2 Å². The number of likely N-dealkylation sites (tertiary alicyclic amines) is 1. The van der Waals surface area contributed by atoms with Crippen LogP contribution in [0.4, 0.5) is 0 Å². The average molecular weight is 238 g/mol. The minimum Gasteiger partial charge on any atom is -0.317 e. The molecule has 1 unspecified atom stereocenters. The van der Waals surface area contributed by atoms with Crippen molar-refractivity contribution in [2.75, 3.05) is 32.7 Å². The minimum atomic E-state index is 0.626. The molecule has 100 valence electrons. The Morgan fingerprint density at radius 1 is 1.24 bits per heavy atom. The molecule has 0 amide bonds. The van der Waals surface area contributed by atoms with E-state index in [1.807, 2.05) is 0 Å². The van der Waals surface area contributed by atoms with Crippen LogP contribution >= 0.6 is 0 Å². The van der Waals surface area contributed by atoms with Crippen molar-refractivity contribution >= 4 is 0 Å². The fourth-order valence-electron chi connectivity index (χ4n) is 3.68. The molecule has 2 nitrogen and oxygen atoms in total. The summed E-state index contributed by atoms with van der Waals surface area (Å²) in [7, 11) is 0. The predicted octanol–water partition coefficient (Wildman–Crippen LogP) is 2.89. The van der Waals surface area contributed by atoms with Crippen LogP contribution in [0.25, 0.3) is 0 Å². The van der Waals surface area contributed by atoms with E-state index in [9.17, 15) is 0 Å². The molecule has 1 atom stereocenters. The van der Waals surface area contributed by atoms with Crippen molar-refractivity contribution in [3.8, 4) is 0 Å². The SMILES string of the molecule is CCC1CCCN(CC2(CC)CCNCC2)C1. The highest BCUT2D eigenvalue weighted by Crippen LogP contribution is 2.34. The lowest BCUT2D eigenvalue weighted by Crippen LogP contribution is -2.47. The molecule has 2 aliphatic rings. The lowest BCUT2D eigenvalue weighted by molar-refractivity contribution is 0.0745.